The molecule has 6 atom stereocenters. The van der Waals surface area contributed by atoms with Crippen molar-refractivity contribution in [2.24, 2.45) is 28.1 Å². The van der Waals surface area contributed by atoms with Crippen LogP contribution in [0.1, 0.15) is 196 Å². The fourth-order valence-corrected chi connectivity index (χ4v) is 9.22. The normalized spacial score (nSPS) is 17.1. The monoisotopic (exact) mass is 1350 g/mol. The van der Waals surface area contributed by atoms with Gasteiger partial charge in [0.2, 0.25) is 12.6 Å². The van der Waals surface area contributed by atoms with Gasteiger partial charge in [0.05, 0.1) is 33.1 Å². The van der Waals surface area contributed by atoms with Crippen molar-refractivity contribution in [1.82, 2.24) is 5.32 Å². The van der Waals surface area contributed by atoms with Crippen molar-refractivity contribution in [1.29, 1.82) is 0 Å². The second kappa shape index (κ2) is 38.1. The molecule has 1 heterocycles. The summed E-state index contributed by atoms with van der Waals surface area (Å²) in [5.74, 6) is -0.577. The van der Waals surface area contributed by atoms with Crippen molar-refractivity contribution in [3.8, 4) is 5.75 Å². The number of carboxylic acid groups (broad SMARTS) is 1. The van der Waals surface area contributed by atoms with Gasteiger partial charge in [0.15, 0.2) is 0 Å². The molecular weight excluding hydrogens is 1230 g/mol. The molecule has 21 heteroatoms. The van der Waals surface area contributed by atoms with E-state index in [1.807, 2.05) is 148 Å². The first-order chi connectivity index (χ1) is 43.7. The highest BCUT2D eigenvalue weighted by Gasteiger charge is 2.46. The van der Waals surface area contributed by atoms with Crippen molar-refractivity contribution in [2.45, 2.75) is 225 Å². The van der Waals surface area contributed by atoms with E-state index in [2.05, 4.69) is 83.0 Å². The molecule has 530 valence electrons. The van der Waals surface area contributed by atoms with Gasteiger partial charge in [0.25, 0.3) is 6.47 Å². The molecule has 0 saturated carbocycles. The lowest BCUT2D eigenvalue weighted by atomic mass is 9.97. The van der Waals surface area contributed by atoms with Gasteiger partial charge in [-0.25, -0.2) is 4.79 Å². The third-order valence-electron chi connectivity index (χ3n) is 12.9. The first-order valence-electron chi connectivity index (χ1n) is 32.1. The van der Waals surface area contributed by atoms with Crippen LogP contribution < -0.4 is 20.7 Å². The van der Waals surface area contributed by atoms with E-state index in [1.54, 1.807) is 56.8 Å². The second-order valence-electron chi connectivity index (χ2n) is 30.1. The molecule has 7 N–H and O–H groups in total. The Morgan fingerprint density at radius 2 is 1.05 bits per heavy atom. The largest absolute Gasteiger partial charge is 0.478 e. The third kappa shape index (κ3) is 34.0. The minimum absolute atomic E-state index is 0.0174. The Balaban J connectivity index is 0.000000440. The highest BCUT2D eigenvalue weighted by molar-refractivity contribution is 7.99. The first-order valence-corrected chi connectivity index (χ1v) is 33.1. The number of carboxylic acids is 1. The average Bonchev–Trinajstić information content (AvgIpc) is 0.809. The van der Waals surface area contributed by atoms with Crippen LogP contribution in [0.4, 0.5) is 11.4 Å². The zero-order valence-corrected chi connectivity index (χ0v) is 61.1. The summed E-state index contributed by atoms with van der Waals surface area (Å²) in [7, 11) is 0. The molecule has 0 aromatic heterocycles. The zero-order valence-electron chi connectivity index (χ0n) is 60.3. The summed E-state index contributed by atoms with van der Waals surface area (Å²) in [4.78, 5) is 68.4. The van der Waals surface area contributed by atoms with Crippen LogP contribution in [0.2, 0.25) is 0 Å². The molecule has 0 radical (unpaired) electrons. The van der Waals surface area contributed by atoms with Crippen LogP contribution in [-0.4, -0.2) is 123 Å². The summed E-state index contributed by atoms with van der Waals surface area (Å²) in [6, 6.07) is 28.2. The van der Waals surface area contributed by atoms with Crippen LogP contribution in [0.3, 0.4) is 0 Å². The third-order valence-corrected chi connectivity index (χ3v) is 14.0. The Kier molecular flexibility index (Phi) is 33.7. The molecule has 0 bridgehead atoms. The number of nitrogens with one attached hydrogen (secondary N) is 3. The zero-order chi connectivity index (χ0) is 72.5. The van der Waals surface area contributed by atoms with E-state index >= 15 is 0 Å². The van der Waals surface area contributed by atoms with Gasteiger partial charge in [-0.05, 0) is 219 Å². The molecular formula is C74H111N3O17S. The van der Waals surface area contributed by atoms with Gasteiger partial charge in [0, 0.05) is 33.7 Å². The summed E-state index contributed by atoms with van der Waals surface area (Å²) in [6.45, 7) is 44.2. The SMILES string of the molecule is CC(C)(C)NC(SCCOC(=O)C(C)(C)C)c1ccc(C(=O)O)cc1.CC(C)(C)Nc1ccc(COC(=O)C(C)(C)C)cc1.CC(C)C(=O)OC/C=C/c1ccc(NC(C)(C)C)cc1.CC(C)Cc1cc(COC(=O)C(C)(C)C)ccc1O[C@@H]1O[C@H](OC=O)[C@@H](O)[C@H](O)[C@H]1O. The Labute approximate surface area is 569 Å². The number of aliphatic hydroxyl groups excluding tert-OH is 3. The number of benzene rings is 4. The van der Waals surface area contributed by atoms with Gasteiger partial charge in [-0.15, -0.1) is 11.8 Å². The Hall–Kier alpha value is -7.01. The maximum Gasteiger partial charge on any atom is 0.335 e. The molecule has 20 nitrogen and oxygen atoms in total. The van der Waals surface area contributed by atoms with Gasteiger partial charge in [-0.2, -0.15) is 0 Å². The number of hydrogen-bond acceptors (Lipinski definition) is 20. The number of aliphatic hydroxyl groups is 3. The van der Waals surface area contributed by atoms with Crippen LogP contribution in [0.25, 0.3) is 6.08 Å². The number of rotatable bonds is 23. The number of thioether (sulfide) groups is 1. The van der Waals surface area contributed by atoms with Crippen LogP contribution in [0.5, 0.6) is 5.75 Å². The standard InChI is InChI=1S/C22H32O9.C19H29NO4S.C17H25NO2.C16H25NO2/c1-12(2)8-14-9-13(10-28-21(27)22(3,4)5)6-7-15(14)30-20-18(26)16(24)17(25)19(31-20)29-11-23;1-18(2,3)17(23)24-11-12-25-15(20-19(4,5)6)13-7-9-14(10-8-13)16(21)22;1-13(2)16(19)20-12-6-7-14-8-10-15(11-9-14)18-17(3,4)5;1-15(2,3)14(18)19-11-12-7-9-13(10-8-12)17-16(4,5)6/h6-7,9,11-12,16-20,24-26H,8,10H2,1-5H3;7-10,15,20H,11-12H2,1-6H3,(H,21,22);6-11,13,18H,12H2,1-5H3;7-10,17H,11H2,1-6H3/b;;7-6+;/t16-,17-,18+,19-,20+;;;/m0.../s1. The fourth-order valence-electron chi connectivity index (χ4n) is 8.02. The van der Waals surface area contributed by atoms with Crippen molar-refractivity contribution in [2.75, 3.05) is 29.6 Å². The van der Waals surface area contributed by atoms with Crippen molar-refractivity contribution >= 4 is 65.5 Å². The summed E-state index contributed by atoms with van der Waals surface area (Å²) < 4.78 is 36.8. The molecule has 0 aliphatic carbocycles. The Morgan fingerprint density at radius 1 is 0.579 bits per heavy atom. The molecule has 0 spiro atoms. The highest BCUT2D eigenvalue weighted by Crippen LogP contribution is 2.32. The van der Waals surface area contributed by atoms with Crippen LogP contribution in [0, 0.1) is 28.1 Å². The quantitative estimate of drug-likeness (QED) is 0.0119. The number of ether oxygens (including phenoxy) is 7. The fraction of sp³-hybridized carbons (Fsp3) is 0.568. The number of hydrogen-bond donors (Lipinski definition) is 7. The van der Waals surface area contributed by atoms with Gasteiger partial charge in [0.1, 0.15) is 50.5 Å². The Bertz CT molecular complexity index is 3030. The van der Waals surface area contributed by atoms with E-state index in [4.69, 9.17) is 33.5 Å². The average molecular weight is 1350 g/mol. The lowest BCUT2D eigenvalue weighted by Gasteiger charge is -2.39. The van der Waals surface area contributed by atoms with E-state index in [0.29, 0.717) is 37.7 Å². The summed E-state index contributed by atoms with van der Waals surface area (Å²) in [5, 5.41) is 49.5. The maximum atomic E-state index is 12.0. The smallest absolute Gasteiger partial charge is 0.335 e. The molecule has 1 saturated heterocycles. The minimum Gasteiger partial charge on any atom is -0.478 e. The van der Waals surface area contributed by atoms with Crippen molar-refractivity contribution in [3.05, 3.63) is 130 Å². The van der Waals surface area contributed by atoms with Crippen LogP contribution >= 0.6 is 11.8 Å². The molecule has 1 unspecified atom stereocenters. The highest BCUT2D eigenvalue weighted by atomic mass is 32.2. The molecule has 1 aliphatic rings. The Morgan fingerprint density at radius 3 is 1.51 bits per heavy atom. The number of esters is 4. The predicted octanol–water partition coefficient (Wildman–Crippen LogP) is 13.5. The number of carbonyl (C=O) groups is 6. The topological polar surface area (TPSA) is 284 Å². The second-order valence-corrected chi connectivity index (χ2v) is 31.3. The number of carbonyl (C=O) groups excluding carboxylic acids is 5. The summed E-state index contributed by atoms with van der Waals surface area (Å²) >= 11 is 1.63. The van der Waals surface area contributed by atoms with E-state index in [1.165, 1.54) is 0 Å². The van der Waals surface area contributed by atoms with Crippen molar-refractivity contribution in [3.63, 3.8) is 0 Å². The van der Waals surface area contributed by atoms with E-state index in [9.17, 15) is 44.1 Å². The van der Waals surface area contributed by atoms with Gasteiger partial charge < -0.3 is 59.5 Å². The van der Waals surface area contributed by atoms with E-state index in [0.717, 1.165) is 39.2 Å². The molecule has 4 aromatic rings. The first kappa shape index (κ1) is 84.1. The molecule has 1 fully saturated rings. The van der Waals surface area contributed by atoms with E-state index < -0.39 is 53.1 Å². The van der Waals surface area contributed by atoms with Crippen LogP contribution in [0.15, 0.2) is 97.1 Å². The van der Waals surface area contributed by atoms with Gasteiger partial charge in [-0.1, -0.05) is 76.2 Å². The molecule has 1 aliphatic heterocycles. The van der Waals surface area contributed by atoms with E-state index in [-0.39, 0.29) is 76.3 Å². The lowest BCUT2D eigenvalue weighted by Crippen LogP contribution is -2.59. The summed E-state index contributed by atoms with van der Waals surface area (Å²) in [6.07, 6.45) is -3.24. The molecule has 0 amide bonds. The summed E-state index contributed by atoms with van der Waals surface area (Å²) in [5.41, 5.74) is 5.49. The van der Waals surface area contributed by atoms with Gasteiger partial charge in [-0.3, -0.25) is 34.0 Å². The van der Waals surface area contributed by atoms with Gasteiger partial charge >= 0.3 is 29.8 Å². The molecule has 4 aromatic carbocycles. The number of anilines is 2. The molecule has 95 heavy (non-hydrogen) atoms. The minimum atomic E-state index is -1.63. The van der Waals surface area contributed by atoms with Crippen LogP contribution in [-0.2, 0) is 72.0 Å². The lowest BCUT2D eigenvalue weighted by molar-refractivity contribution is -0.321. The number of aromatic carboxylic acids is 1. The molecule has 5 rings (SSSR count). The predicted molar refractivity (Wildman–Crippen MR) is 374 cm³/mol. The van der Waals surface area contributed by atoms with Crippen molar-refractivity contribution < 1.29 is 82.4 Å². The maximum absolute atomic E-state index is 12.0.